The number of nitrogen functional groups attached to an aromatic ring is 1. The minimum absolute atomic E-state index is 0.0228. The van der Waals surface area contributed by atoms with Crippen molar-refractivity contribution in [2.75, 3.05) is 23.1 Å². The predicted octanol–water partition coefficient (Wildman–Crippen LogP) is 1.57. The van der Waals surface area contributed by atoms with Gasteiger partial charge in [-0.2, -0.15) is 11.8 Å². The van der Waals surface area contributed by atoms with E-state index in [0.29, 0.717) is 17.1 Å². The van der Waals surface area contributed by atoms with E-state index in [-0.39, 0.29) is 5.91 Å². The normalized spacial score (nSPS) is 9.62. The number of anilines is 2. The van der Waals surface area contributed by atoms with E-state index in [1.54, 1.807) is 12.1 Å². The zero-order valence-corrected chi connectivity index (χ0v) is 8.23. The largest absolute Gasteiger partial charge is 0.397 e. The third-order valence-corrected chi connectivity index (χ3v) is 2.06. The lowest BCUT2D eigenvalue weighted by molar-refractivity contribution is -0.113. The number of hydrogen-bond acceptors (Lipinski definition) is 3. The lowest BCUT2D eigenvalue weighted by Gasteiger charge is -2.06. The standard InChI is InChI=1S/C9H12N2OS/c1-13-6-9(12)11-8-5-3-2-4-7(8)10/h2-5H,6,10H2,1H3,(H,11,12). The van der Waals surface area contributed by atoms with Gasteiger partial charge in [0, 0.05) is 0 Å². The van der Waals surface area contributed by atoms with Crippen molar-refractivity contribution in [3.8, 4) is 0 Å². The zero-order chi connectivity index (χ0) is 9.68. The van der Waals surface area contributed by atoms with Gasteiger partial charge < -0.3 is 11.1 Å². The fourth-order valence-corrected chi connectivity index (χ4v) is 1.26. The summed E-state index contributed by atoms with van der Waals surface area (Å²) in [5.74, 6) is 0.430. The van der Waals surface area contributed by atoms with Crippen molar-refractivity contribution in [1.82, 2.24) is 0 Å². The topological polar surface area (TPSA) is 55.1 Å². The molecule has 1 aromatic carbocycles. The van der Waals surface area contributed by atoms with E-state index in [1.807, 2.05) is 18.4 Å². The molecule has 1 aromatic rings. The number of benzene rings is 1. The molecule has 0 heterocycles. The first-order valence-electron chi connectivity index (χ1n) is 3.87. The van der Waals surface area contributed by atoms with E-state index < -0.39 is 0 Å². The maximum atomic E-state index is 11.2. The van der Waals surface area contributed by atoms with E-state index in [4.69, 9.17) is 5.73 Å². The maximum absolute atomic E-state index is 11.2. The van der Waals surface area contributed by atoms with Gasteiger partial charge in [0.2, 0.25) is 5.91 Å². The highest BCUT2D eigenvalue weighted by Crippen LogP contribution is 2.16. The first kappa shape index (κ1) is 9.92. The Morgan fingerprint density at radius 2 is 2.23 bits per heavy atom. The summed E-state index contributed by atoms with van der Waals surface area (Å²) in [5, 5.41) is 2.73. The Kier molecular flexibility index (Phi) is 3.64. The number of nitrogens with one attached hydrogen (secondary N) is 1. The minimum atomic E-state index is -0.0228. The number of nitrogens with two attached hydrogens (primary N) is 1. The molecule has 0 spiro atoms. The summed E-state index contributed by atoms with van der Waals surface area (Å²) in [6, 6.07) is 7.22. The van der Waals surface area contributed by atoms with Gasteiger partial charge in [-0.15, -0.1) is 0 Å². The van der Waals surface area contributed by atoms with Crippen molar-refractivity contribution in [3.05, 3.63) is 24.3 Å². The van der Waals surface area contributed by atoms with Crippen LogP contribution in [0.4, 0.5) is 11.4 Å². The van der Waals surface area contributed by atoms with Crippen LogP contribution in [-0.2, 0) is 4.79 Å². The molecule has 0 unspecified atom stereocenters. The van der Waals surface area contributed by atoms with Gasteiger partial charge in [0.1, 0.15) is 0 Å². The van der Waals surface area contributed by atoms with Gasteiger partial charge in [0.15, 0.2) is 0 Å². The van der Waals surface area contributed by atoms with Crippen LogP contribution in [0.3, 0.4) is 0 Å². The van der Waals surface area contributed by atoms with E-state index >= 15 is 0 Å². The second-order valence-electron chi connectivity index (χ2n) is 2.57. The summed E-state index contributed by atoms with van der Waals surface area (Å²) in [7, 11) is 0. The summed E-state index contributed by atoms with van der Waals surface area (Å²) >= 11 is 1.48. The van der Waals surface area contributed by atoms with Crippen LogP contribution in [0.25, 0.3) is 0 Å². The lowest BCUT2D eigenvalue weighted by atomic mass is 10.3. The molecule has 0 radical (unpaired) electrons. The molecule has 0 fully saturated rings. The van der Waals surface area contributed by atoms with Crippen LogP contribution < -0.4 is 11.1 Å². The lowest BCUT2D eigenvalue weighted by Crippen LogP contribution is -2.14. The van der Waals surface area contributed by atoms with Crippen molar-refractivity contribution in [3.63, 3.8) is 0 Å². The molecular formula is C9H12N2OS. The summed E-state index contributed by atoms with van der Waals surface area (Å²) in [4.78, 5) is 11.2. The van der Waals surface area contributed by atoms with E-state index in [1.165, 1.54) is 11.8 Å². The third-order valence-electron chi connectivity index (χ3n) is 1.51. The number of carbonyl (C=O) groups is 1. The quantitative estimate of drug-likeness (QED) is 0.721. The average molecular weight is 196 g/mol. The van der Waals surface area contributed by atoms with Gasteiger partial charge in [-0.05, 0) is 18.4 Å². The Hall–Kier alpha value is -1.16. The number of thioether (sulfide) groups is 1. The molecule has 0 aromatic heterocycles. The summed E-state index contributed by atoms with van der Waals surface area (Å²) in [6.45, 7) is 0. The van der Waals surface area contributed by atoms with Crippen molar-refractivity contribution < 1.29 is 4.79 Å². The smallest absolute Gasteiger partial charge is 0.234 e. The van der Waals surface area contributed by atoms with Crippen molar-refractivity contribution in [2.45, 2.75) is 0 Å². The Balaban J connectivity index is 2.63. The third kappa shape index (κ3) is 2.99. The summed E-state index contributed by atoms with van der Waals surface area (Å²) < 4.78 is 0. The number of rotatable bonds is 3. The van der Waals surface area contributed by atoms with Crippen molar-refractivity contribution in [1.29, 1.82) is 0 Å². The molecule has 0 bridgehead atoms. The van der Waals surface area contributed by atoms with Crippen LogP contribution in [0.1, 0.15) is 0 Å². The first-order valence-corrected chi connectivity index (χ1v) is 5.26. The summed E-state index contributed by atoms with van der Waals surface area (Å²) in [6.07, 6.45) is 1.88. The second kappa shape index (κ2) is 4.77. The zero-order valence-electron chi connectivity index (χ0n) is 7.41. The molecule has 3 N–H and O–H groups in total. The number of para-hydroxylation sites is 2. The molecule has 70 valence electrons. The molecule has 0 aliphatic rings. The second-order valence-corrected chi connectivity index (χ2v) is 3.43. The number of amides is 1. The molecule has 0 atom stereocenters. The maximum Gasteiger partial charge on any atom is 0.234 e. The average Bonchev–Trinajstić information content (AvgIpc) is 2.09. The predicted molar refractivity (Wildman–Crippen MR) is 57.9 cm³/mol. The van der Waals surface area contributed by atoms with Gasteiger partial charge in [0.05, 0.1) is 17.1 Å². The highest BCUT2D eigenvalue weighted by Gasteiger charge is 2.02. The highest BCUT2D eigenvalue weighted by molar-refractivity contribution is 7.99. The van der Waals surface area contributed by atoms with Crippen molar-refractivity contribution >= 4 is 29.0 Å². The van der Waals surface area contributed by atoms with Crippen LogP contribution >= 0.6 is 11.8 Å². The van der Waals surface area contributed by atoms with Crippen LogP contribution in [0.2, 0.25) is 0 Å². The van der Waals surface area contributed by atoms with Gasteiger partial charge in [-0.3, -0.25) is 4.79 Å². The number of hydrogen-bond donors (Lipinski definition) is 2. The molecule has 0 aliphatic carbocycles. The monoisotopic (exact) mass is 196 g/mol. The van der Waals surface area contributed by atoms with E-state index in [9.17, 15) is 4.79 Å². The molecule has 4 heteroatoms. The SMILES string of the molecule is CSCC(=O)Nc1ccccc1N. The van der Waals surface area contributed by atoms with Gasteiger partial charge >= 0.3 is 0 Å². The van der Waals surface area contributed by atoms with Gasteiger partial charge in [0.25, 0.3) is 0 Å². The fraction of sp³-hybridized carbons (Fsp3) is 0.222. The van der Waals surface area contributed by atoms with Gasteiger partial charge in [-0.25, -0.2) is 0 Å². The Labute approximate surface area is 81.7 Å². The van der Waals surface area contributed by atoms with Crippen LogP contribution in [0, 0.1) is 0 Å². The van der Waals surface area contributed by atoms with E-state index in [2.05, 4.69) is 5.32 Å². The molecule has 13 heavy (non-hydrogen) atoms. The molecular weight excluding hydrogens is 184 g/mol. The molecule has 3 nitrogen and oxygen atoms in total. The Morgan fingerprint density at radius 3 is 2.85 bits per heavy atom. The van der Waals surface area contributed by atoms with Crippen LogP contribution in [0.15, 0.2) is 24.3 Å². The van der Waals surface area contributed by atoms with Gasteiger partial charge in [-0.1, -0.05) is 12.1 Å². The molecule has 0 saturated heterocycles. The summed E-state index contributed by atoms with van der Waals surface area (Å²) in [5.41, 5.74) is 6.92. The Morgan fingerprint density at radius 1 is 1.54 bits per heavy atom. The van der Waals surface area contributed by atoms with Crippen LogP contribution in [-0.4, -0.2) is 17.9 Å². The number of carbonyl (C=O) groups excluding carboxylic acids is 1. The Bertz CT molecular complexity index is 301. The van der Waals surface area contributed by atoms with Crippen molar-refractivity contribution in [2.24, 2.45) is 0 Å². The first-order chi connectivity index (χ1) is 6.24. The molecule has 1 amide bonds. The highest BCUT2D eigenvalue weighted by atomic mass is 32.2. The fourth-order valence-electron chi connectivity index (χ4n) is 0.928. The molecule has 1 rings (SSSR count). The minimum Gasteiger partial charge on any atom is -0.397 e. The molecule has 0 saturated carbocycles. The van der Waals surface area contributed by atoms with Crippen LogP contribution in [0.5, 0.6) is 0 Å². The van der Waals surface area contributed by atoms with E-state index in [0.717, 1.165) is 0 Å². The molecule has 0 aliphatic heterocycles.